The maximum Gasteiger partial charge on any atom is 0.251 e. The van der Waals surface area contributed by atoms with Gasteiger partial charge in [-0.2, -0.15) is 4.73 Å². The highest BCUT2D eigenvalue weighted by Crippen LogP contribution is 2.37. The lowest BCUT2D eigenvalue weighted by Gasteiger charge is -2.22. The first-order chi connectivity index (χ1) is 12.0. The molecule has 1 aliphatic rings. The highest BCUT2D eigenvalue weighted by atomic mass is 79.9. The maximum atomic E-state index is 12.2. The van der Waals surface area contributed by atoms with E-state index in [9.17, 15) is 10.0 Å². The summed E-state index contributed by atoms with van der Waals surface area (Å²) in [5.41, 5.74) is 0.904. The van der Waals surface area contributed by atoms with Crippen molar-refractivity contribution in [3.63, 3.8) is 0 Å². The van der Waals surface area contributed by atoms with E-state index in [0.717, 1.165) is 14.8 Å². The molecule has 0 fully saturated rings. The van der Waals surface area contributed by atoms with Crippen molar-refractivity contribution in [2.45, 2.75) is 18.0 Å². The van der Waals surface area contributed by atoms with E-state index in [1.807, 2.05) is 19.1 Å². The Labute approximate surface area is 158 Å². The van der Waals surface area contributed by atoms with E-state index in [4.69, 9.17) is 9.47 Å². The lowest BCUT2D eigenvalue weighted by Crippen LogP contribution is -2.31. The van der Waals surface area contributed by atoms with Gasteiger partial charge in [-0.05, 0) is 42.4 Å². The number of carbonyl (C=O) groups excluding carboxylic acids is 1. The zero-order valence-corrected chi connectivity index (χ0v) is 15.9. The number of thioether (sulfide) groups is 1. The van der Waals surface area contributed by atoms with Crippen molar-refractivity contribution in [1.29, 1.82) is 0 Å². The first kappa shape index (κ1) is 17.9. The molecule has 0 radical (unpaired) electrons. The van der Waals surface area contributed by atoms with Crippen molar-refractivity contribution in [1.82, 2.24) is 5.32 Å². The van der Waals surface area contributed by atoms with Gasteiger partial charge in [0.25, 0.3) is 5.03 Å². The largest absolute Gasteiger partial charge is 0.618 e. The second kappa shape index (κ2) is 7.97. The van der Waals surface area contributed by atoms with E-state index in [2.05, 4.69) is 21.2 Å². The summed E-state index contributed by atoms with van der Waals surface area (Å²) in [5, 5.41) is 15.0. The van der Waals surface area contributed by atoms with Gasteiger partial charge in [0, 0.05) is 16.6 Å². The molecule has 0 unspecified atom stereocenters. The molecule has 0 bridgehead atoms. The monoisotopic (exact) mass is 424 g/mol. The fourth-order valence-corrected chi connectivity index (χ4v) is 3.83. The normalized spacial score (nSPS) is 14.0. The Hall–Kier alpha value is -1.93. The first-order valence-corrected chi connectivity index (χ1v) is 9.52. The molecular formula is C17H17BrN2O4S. The summed E-state index contributed by atoms with van der Waals surface area (Å²) < 4.78 is 12.7. The van der Waals surface area contributed by atoms with Crippen molar-refractivity contribution in [2.75, 3.05) is 19.0 Å². The summed E-state index contributed by atoms with van der Waals surface area (Å²) in [7, 11) is 0. The zero-order chi connectivity index (χ0) is 17.8. The summed E-state index contributed by atoms with van der Waals surface area (Å²) in [6.07, 6.45) is 1.41. The predicted octanol–water partition coefficient (Wildman–Crippen LogP) is 2.82. The molecule has 132 valence electrons. The van der Waals surface area contributed by atoms with Crippen LogP contribution in [0.2, 0.25) is 0 Å². The molecular weight excluding hydrogens is 408 g/mol. The Balaban J connectivity index is 1.62. The van der Waals surface area contributed by atoms with Gasteiger partial charge in [-0.3, -0.25) is 4.79 Å². The average molecular weight is 425 g/mol. The number of hydrogen-bond acceptors (Lipinski definition) is 5. The summed E-state index contributed by atoms with van der Waals surface area (Å²) in [6, 6.07) is 8.62. The number of amides is 1. The molecule has 1 N–H and O–H groups in total. The topological polar surface area (TPSA) is 74.5 Å². The Morgan fingerprint density at radius 3 is 2.80 bits per heavy atom. The fraction of sp³-hybridized carbons (Fsp3) is 0.294. The van der Waals surface area contributed by atoms with Crippen LogP contribution in [0.1, 0.15) is 18.5 Å². The maximum absolute atomic E-state index is 12.2. The number of pyridine rings is 1. The van der Waals surface area contributed by atoms with Gasteiger partial charge in [0.15, 0.2) is 17.7 Å². The number of ether oxygens (including phenoxy) is 2. The summed E-state index contributed by atoms with van der Waals surface area (Å²) in [4.78, 5) is 12.2. The van der Waals surface area contributed by atoms with Gasteiger partial charge < -0.3 is 20.0 Å². The Bertz CT molecular complexity index is 787. The second-order valence-corrected chi connectivity index (χ2v) is 7.31. The minimum absolute atomic E-state index is 0.150. The van der Waals surface area contributed by atoms with Crippen molar-refractivity contribution in [2.24, 2.45) is 0 Å². The number of fused-ring (bicyclic) bond motifs is 1. The van der Waals surface area contributed by atoms with E-state index in [-0.39, 0.29) is 17.7 Å². The number of halogens is 1. The van der Waals surface area contributed by atoms with Gasteiger partial charge in [-0.25, -0.2) is 0 Å². The lowest BCUT2D eigenvalue weighted by atomic mass is 10.1. The van der Waals surface area contributed by atoms with E-state index in [1.165, 1.54) is 18.0 Å². The number of rotatable bonds is 5. The number of nitrogens with one attached hydrogen (secondary N) is 1. The highest BCUT2D eigenvalue weighted by Gasteiger charge is 2.19. The minimum atomic E-state index is -0.214. The molecule has 0 saturated carbocycles. The number of aromatic nitrogens is 1. The third-order valence-electron chi connectivity index (χ3n) is 3.65. The van der Waals surface area contributed by atoms with Crippen LogP contribution in [-0.2, 0) is 4.79 Å². The number of hydrogen-bond donors (Lipinski definition) is 1. The van der Waals surface area contributed by atoms with Gasteiger partial charge in [-0.15, -0.1) is 0 Å². The number of carbonyl (C=O) groups is 1. The summed E-state index contributed by atoms with van der Waals surface area (Å²) in [6.45, 7) is 2.94. The molecule has 6 nitrogen and oxygen atoms in total. The summed E-state index contributed by atoms with van der Waals surface area (Å²) in [5.74, 6) is 1.39. The lowest BCUT2D eigenvalue weighted by molar-refractivity contribution is -0.645. The molecule has 1 aromatic heterocycles. The van der Waals surface area contributed by atoms with Crippen LogP contribution in [-0.4, -0.2) is 24.9 Å². The fourth-order valence-electron chi connectivity index (χ4n) is 2.44. The van der Waals surface area contributed by atoms with Crippen LogP contribution in [0, 0.1) is 5.21 Å². The standard InChI is InChI=1S/C17H17BrN2O4S/c1-11(12-8-14-15(9-13(12)18)24-7-6-23-14)19-16(21)10-25-17-4-2-3-5-20(17)22/h2-5,8-9,11H,6-7,10H2,1H3,(H,19,21)/t11-/m1/s1. The molecule has 8 heteroatoms. The van der Waals surface area contributed by atoms with Gasteiger partial charge in [0.1, 0.15) is 13.2 Å². The second-order valence-electron chi connectivity index (χ2n) is 5.46. The van der Waals surface area contributed by atoms with E-state index >= 15 is 0 Å². The predicted molar refractivity (Wildman–Crippen MR) is 97.8 cm³/mol. The Morgan fingerprint density at radius 2 is 2.08 bits per heavy atom. The van der Waals surface area contributed by atoms with Crippen LogP contribution in [0.4, 0.5) is 0 Å². The molecule has 0 saturated heterocycles. The first-order valence-electron chi connectivity index (χ1n) is 7.74. The van der Waals surface area contributed by atoms with Crippen LogP contribution < -0.4 is 19.5 Å². The van der Waals surface area contributed by atoms with E-state index < -0.39 is 0 Å². The van der Waals surface area contributed by atoms with Crippen LogP contribution in [0.15, 0.2) is 46.0 Å². The highest BCUT2D eigenvalue weighted by molar-refractivity contribution is 9.10. The molecule has 0 spiro atoms. The minimum Gasteiger partial charge on any atom is -0.618 e. The van der Waals surface area contributed by atoms with Gasteiger partial charge >= 0.3 is 0 Å². The Morgan fingerprint density at radius 1 is 1.36 bits per heavy atom. The van der Waals surface area contributed by atoms with Gasteiger partial charge in [0.2, 0.25) is 5.91 Å². The van der Waals surface area contributed by atoms with E-state index in [0.29, 0.717) is 29.7 Å². The third kappa shape index (κ3) is 4.38. The SMILES string of the molecule is C[C@@H](NC(=O)CSc1cccc[n+]1[O-])c1cc2c(cc1Br)OCCO2. The molecule has 1 amide bonds. The van der Waals surface area contributed by atoms with Crippen LogP contribution in [0.5, 0.6) is 11.5 Å². The molecule has 2 heterocycles. The van der Waals surface area contributed by atoms with Crippen molar-refractivity contribution in [3.8, 4) is 11.5 Å². The molecule has 3 rings (SSSR count). The number of benzene rings is 1. The molecule has 1 aliphatic heterocycles. The van der Waals surface area contributed by atoms with Crippen molar-refractivity contribution in [3.05, 3.63) is 51.8 Å². The van der Waals surface area contributed by atoms with Crippen molar-refractivity contribution >= 4 is 33.6 Å². The average Bonchev–Trinajstić information content (AvgIpc) is 2.60. The molecule has 1 atom stereocenters. The van der Waals surface area contributed by atoms with Gasteiger partial charge in [-0.1, -0.05) is 15.9 Å². The Kier molecular flexibility index (Phi) is 5.70. The number of nitrogens with zero attached hydrogens (tertiary/aromatic N) is 1. The quantitative estimate of drug-likeness (QED) is 0.453. The summed E-state index contributed by atoms with van der Waals surface area (Å²) >= 11 is 4.72. The van der Waals surface area contributed by atoms with Gasteiger partial charge in [0.05, 0.1) is 11.8 Å². The molecule has 0 aliphatic carbocycles. The molecule has 2 aromatic rings. The zero-order valence-electron chi connectivity index (χ0n) is 13.5. The van der Waals surface area contributed by atoms with Crippen LogP contribution >= 0.6 is 27.7 Å². The smallest absolute Gasteiger partial charge is 0.251 e. The molecule has 25 heavy (non-hydrogen) atoms. The van der Waals surface area contributed by atoms with E-state index in [1.54, 1.807) is 18.2 Å². The van der Waals surface area contributed by atoms with Crippen LogP contribution in [0.3, 0.4) is 0 Å². The van der Waals surface area contributed by atoms with Crippen molar-refractivity contribution < 1.29 is 19.0 Å². The van der Waals surface area contributed by atoms with Crippen LogP contribution in [0.25, 0.3) is 0 Å². The third-order valence-corrected chi connectivity index (χ3v) is 5.35. The molecule has 1 aromatic carbocycles.